The highest BCUT2D eigenvalue weighted by atomic mass is 32.2. The first-order chi connectivity index (χ1) is 12.7. The number of aryl methyl sites for hydroxylation is 1. The number of anilines is 1. The molecule has 1 unspecified atom stereocenters. The number of carbonyl (C=O) groups excluding carboxylic acids is 2. The summed E-state index contributed by atoms with van der Waals surface area (Å²) in [6.07, 6.45) is 0.652. The molecule has 144 valence electrons. The highest BCUT2D eigenvalue weighted by Crippen LogP contribution is 2.27. The molecule has 0 aliphatic rings. The summed E-state index contributed by atoms with van der Waals surface area (Å²) in [6, 6.07) is 13.6. The summed E-state index contributed by atoms with van der Waals surface area (Å²) >= 11 is 1.48. The fourth-order valence-electron chi connectivity index (χ4n) is 2.29. The maximum Gasteiger partial charge on any atom is 0.264 e. The number of hydrogen-bond acceptors (Lipinski definition) is 5. The molecule has 2 aromatic carbocycles. The van der Waals surface area contributed by atoms with Gasteiger partial charge in [0.2, 0.25) is 11.8 Å². The van der Waals surface area contributed by atoms with Gasteiger partial charge in [-0.3, -0.25) is 9.59 Å². The van der Waals surface area contributed by atoms with Crippen molar-refractivity contribution in [3.8, 4) is 0 Å². The Hall–Kier alpha value is -2.32. The number of carbonyl (C=O) groups is 2. The molecule has 2 N–H and O–H groups in total. The van der Waals surface area contributed by atoms with Crippen LogP contribution in [0.4, 0.5) is 5.69 Å². The van der Waals surface area contributed by atoms with Crippen LogP contribution in [0.3, 0.4) is 0 Å². The Kier molecular flexibility index (Phi) is 7.04. The van der Waals surface area contributed by atoms with Gasteiger partial charge in [-0.25, -0.2) is 13.1 Å². The Balaban J connectivity index is 2.05. The van der Waals surface area contributed by atoms with Crippen LogP contribution in [0.15, 0.2) is 58.3 Å². The second-order valence-corrected chi connectivity index (χ2v) is 8.96. The van der Waals surface area contributed by atoms with Gasteiger partial charge in [-0.15, -0.1) is 11.8 Å². The van der Waals surface area contributed by atoms with Gasteiger partial charge in [0, 0.05) is 17.5 Å². The third kappa shape index (κ3) is 6.11. The summed E-state index contributed by atoms with van der Waals surface area (Å²) in [5, 5.41) is 2.53. The first-order valence-electron chi connectivity index (χ1n) is 8.39. The Morgan fingerprint density at radius 2 is 1.63 bits per heavy atom. The number of nitrogens with one attached hydrogen (secondary N) is 2. The van der Waals surface area contributed by atoms with E-state index in [0.29, 0.717) is 12.1 Å². The summed E-state index contributed by atoms with van der Waals surface area (Å²) in [5.74, 6) is -0.813. The van der Waals surface area contributed by atoms with E-state index < -0.39 is 15.9 Å². The second kappa shape index (κ2) is 9.05. The van der Waals surface area contributed by atoms with Crippen LogP contribution < -0.4 is 10.0 Å². The lowest BCUT2D eigenvalue weighted by atomic mass is 10.2. The molecule has 2 aromatic rings. The predicted octanol–water partition coefficient (Wildman–Crippen LogP) is 3.33. The van der Waals surface area contributed by atoms with E-state index in [9.17, 15) is 18.0 Å². The van der Waals surface area contributed by atoms with Crippen molar-refractivity contribution in [1.82, 2.24) is 4.72 Å². The Morgan fingerprint density at radius 1 is 1.04 bits per heavy atom. The summed E-state index contributed by atoms with van der Waals surface area (Å²) < 4.78 is 25.8. The molecule has 0 aliphatic heterocycles. The van der Waals surface area contributed by atoms with Crippen LogP contribution in [0.25, 0.3) is 0 Å². The lowest BCUT2D eigenvalue weighted by molar-refractivity contribution is -0.117. The molecule has 0 aliphatic carbocycles. The number of benzene rings is 2. The molecular weight excluding hydrogens is 384 g/mol. The van der Waals surface area contributed by atoms with Gasteiger partial charge in [0.25, 0.3) is 10.0 Å². The van der Waals surface area contributed by atoms with Gasteiger partial charge in [0.05, 0.1) is 10.1 Å². The van der Waals surface area contributed by atoms with Crippen molar-refractivity contribution in [1.29, 1.82) is 0 Å². The van der Waals surface area contributed by atoms with Gasteiger partial charge in [-0.1, -0.05) is 24.6 Å². The lowest BCUT2D eigenvalue weighted by Gasteiger charge is -2.15. The van der Waals surface area contributed by atoms with E-state index in [0.717, 1.165) is 17.4 Å². The molecule has 0 heterocycles. The van der Waals surface area contributed by atoms with Crippen LogP contribution in [-0.2, 0) is 19.6 Å². The van der Waals surface area contributed by atoms with Crippen LogP contribution in [-0.4, -0.2) is 25.5 Å². The van der Waals surface area contributed by atoms with Crippen molar-refractivity contribution in [2.75, 3.05) is 5.32 Å². The molecule has 0 radical (unpaired) electrons. The van der Waals surface area contributed by atoms with E-state index in [1.165, 1.54) is 36.0 Å². The van der Waals surface area contributed by atoms with Crippen molar-refractivity contribution in [3.63, 3.8) is 0 Å². The minimum Gasteiger partial charge on any atom is -0.325 e. The standard InChI is InChI=1S/C19H22N2O4S2/c1-4-18(26-16-9-5-13(2)6-10-16)19(23)20-15-7-11-17(12-8-15)27(24,25)21-14(3)22/h5-12,18H,4H2,1-3H3,(H,20,23)(H,21,22). The molecular formula is C19H22N2O4S2. The minimum absolute atomic E-state index is 0.0447. The summed E-state index contributed by atoms with van der Waals surface area (Å²) in [7, 11) is -3.89. The molecule has 2 amide bonds. The highest BCUT2D eigenvalue weighted by molar-refractivity contribution is 8.00. The smallest absolute Gasteiger partial charge is 0.264 e. The quantitative estimate of drug-likeness (QED) is 0.688. The molecule has 0 aromatic heterocycles. The zero-order valence-electron chi connectivity index (χ0n) is 15.4. The molecule has 0 saturated carbocycles. The fourth-order valence-corrected chi connectivity index (χ4v) is 4.24. The van der Waals surface area contributed by atoms with Crippen molar-refractivity contribution in [3.05, 3.63) is 54.1 Å². The third-order valence-electron chi connectivity index (χ3n) is 3.67. The van der Waals surface area contributed by atoms with Crippen molar-refractivity contribution in [2.24, 2.45) is 0 Å². The average Bonchev–Trinajstić information content (AvgIpc) is 2.60. The molecule has 27 heavy (non-hydrogen) atoms. The topological polar surface area (TPSA) is 92.3 Å². The summed E-state index contributed by atoms with van der Waals surface area (Å²) in [4.78, 5) is 24.5. The molecule has 0 spiro atoms. The predicted molar refractivity (Wildman–Crippen MR) is 107 cm³/mol. The van der Waals surface area contributed by atoms with Gasteiger partial charge in [0.15, 0.2) is 0 Å². The van der Waals surface area contributed by atoms with E-state index in [1.54, 1.807) is 0 Å². The first-order valence-corrected chi connectivity index (χ1v) is 10.7. The molecule has 0 saturated heterocycles. The number of rotatable bonds is 7. The Bertz CT molecular complexity index is 908. The number of thioether (sulfide) groups is 1. The highest BCUT2D eigenvalue weighted by Gasteiger charge is 2.19. The van der Waals surface area contributed by atoms with E-state index in [4.69, 9.17) is 0 Å². The molecule has 0 bridgehead atoms. The number of amides is 2. The monoisotopic (exact) mass is 406 g/mol. The van der Waals surface area contributed by atoms with E-state index in [-0.39, 0.29) is 16.1 Å². The van der Waals surface area contributed by atoms with Crippen LogP contribution in [0.5, 0.6) is 0 Å². The maximum absolute atomic E-state index is 12.5. The van der Waals surface area contributed by atoms with Crippen molar-refractivity contribution < 1.29 is 18.0 Å². The van der Waals surface area contributed by atoms with Gasteiger partial charge < -0.3 is 5.32 Å². The summed E-state index contributed by atoms with van der Waals surface area (Å²) in [6.45, 7) is 5.07. The Labute approximate surface area is 163 Å². The second-order valence-electron chi connectivity index (χ2n) is 6.00. The van der Waals surface area contributed by atoms with Crippen molar-refractivity contribution >= 4 is 39.3 Å². The van der Waals surface area contributed by atoms with Crippen molar-refractivity contribution in [2.45, 2.75) is 42.2 Å². The Morgan fingerprint density at radius 3 is 2.15 bits per heavy atom. The normalized spacial score (nSPS) is 12.3. The maximum atomic E-state index is 12.5. The molecule has 2 rings (SSSR count). The van der Waals surface area contributed by atoms with Gasteiger partial charge in [0.1, 0.15) is 0 Å². The number of sulfonamides is 1. The van der Waals surface area contributed by atoms with Crippen LogP contribution in [0, 0.1) is 6.92 Å². The van der Waals surface area contributed by atoms with E-state index in [2.05, 4.69) is 5.32 Å². The molecule has 6 nitrogen and oxygen atoms in total. The lowest BCUT2D eigenvalue weighted by Crippen LogP contribution is -2.28. The van der Waals surface area contributed by atoms with Crippen LogP contribution >= 0.6 is 11.8 Å². The molecule has 8 heteroatoms. The zero-order valence-corrected chi connectivity index (χ0v) is 17.0. The fraction of sp³-hybridized carbons (Fsp3) is 0.263. The minimum atomic E-state index is -3.89. The van der Waals surface area contributed by atoms with Gasteiger partial charge in [-0.2, -0.15) is 0 Å². The first kappa shape index (κ1) is 21.0. The van der Waals surface area contributed by atoms with Gasteiger partial charge >= 0.3 is 0 Å². The van der Waals surface area contributed by atoms with Crippen LogP contribution in [0.1, 0.15) is 25.8 Å². The van der Waals surface area contributed by atoms with Gasteiger partial charge in [-0.05, 0) is 49.7 Å². The molecule has 0 fully saturated rings. The van der Waals surface area contributed by atoms with E-state index in [1.807, 2.05) is 42.8 Å². The largest absolute Gasteiger partial charge is 0.325 e. The zero-order chi connectivity index (χ0) is 20.0. The molecule has 1 atom stereocenters. The van der Waals surface area contributed by atoms with Crippen LogP contribution in [0.2, 0.25) is 0 Å². The average molecular weight is 407 g/mol. The van der Waals surface area contributed by atoms with E-state index >= 15 is 0 Å². The number of hydrogen-bond donors (Lipinski definition) is 2. The third-order valence-corrected chi connectivity index (χ3v) is 6.50. The SMILES string of the molecule is CCC(Sc1ccc(C)cc1)C(=O)Nc1ccc(S(=O)(=O)NC(C)=O)cc1. The summed E-state index contributed by atoms with van der Waals surface area (Å²) in [5.41, 5.74) is 1.65.